The molecule has 238 valence electrons. The molecule has 0 aromatic heterocycles. The van der Waals surface area contributed by atoms with Gasteiger partial charge in [-0.25, -0.2) is 4.79 Å². The van der Waals surface area contributed by atoms with E-state index in [2.05, 4.69) is 5.32 Å². The minimum Gasteiger partial charge on any atom is -0.461 e. The summed E-state index contributed by atoms with van der Waals surface area (Å²) in [6.07, 6.45) is 0. The number of esters is 3. The number of rotatable bonds is 11. The zero-order valence-corrected chi connectivity index (χ0v) is 26.3. The summed E-state index contributed by atoms with van der Waals surface area (Å²) >= 11 is 18.2. The number of amides is 2. The number of ether oxygens (including phenoxy) is 3. The molecule has 4 atom stereocenters. The maximum Gasteiger partial charge on any atom is 0.333 e. The van der Waals surface area contributed by atoms with Crippen LogP contribution in [0.3, 0.4) is 0 Å². The van der Waals surface area contributed by atoms with E-state index >= 15 is 0 Å². The molecule has 2 aliphatic heterocycles. The summed E-state index contributed by atoms with van der Waals surface area (Å²) in [5.74, 6) is -5.47. The number of benzene rings is 2. The lowest BCUT2D eigenvalue weighted by Gasteiger charge is -2.51. The van der Waals surface area contributed by atoms with Gasteiger partial charge >= 0.3 is 17.9 Å². The number of hydrogen-bond acceptors (Lipinski definition) is 11. The van der Waals surface area contributed by atoms with Crippen molar-refractivity contribution in [2.24, 2.45) is 0 Å². The van der Waals surface area contributed by atoms with Gasteiger partial charge in [-0.2, -0.15) is 0 Å². The first-order chi connectivity index (χ1) is 21.3. The summed E-state index contributed by atoms with van der Waals surface area (Å²) < 4.78 is 13.6. The third kappa shape index (κ3) is 8.45. The number of thioether (sulfide) groups is 1. The zero-order valence-electron chi connectivity index (χ0n) is 23.2. The second-order valence-electron chi connectivity index (χ2n) is 9.73. The van der Waals surface area contributed by atoms with Crippen molar-refractivity contribution >= 4 is 82.0 Å². The van der Waals surface area contributed by atoms with E-state index in [9.17, 15) is 34.1 Å². The van der Waals surface area contributed by atoms with Crippen LogP contribution in [0.15, 0.2) is 65.6 Å². The Morgan fingerprint density at radius 2 is 1.69 bits per heavy atom. The molecule has 0 radical (unpaired) electrons. The fourth-order valence-corrected chi connectivity index (χ4v) is 5.83. The molecule has 1 saturated heterocycles. The van der Waals surface area contributed by atoms with E-state index in [-0.39, 0.29) is 24.5 Å². The maximum absolute atomic E-state index is 13.5. The molecular formula is C28H24Cl3N3O10S. The van der Waals surface area contributed by atoms with E-state index in [0.29, 0.717) is 11.1 Å². The molecule has 0 spiro atoms. The number of halogens is 3. The third-order valence-electron chi connectivity index (χ3n) is 6.57. The Bertz CT molecular complexity index is 1520. The topological polar surface area (TPSA) is 171 Å². The van der Waals surface area contributed by atoms with Crippen molar-refractivity contribution in [3.8, 4) is 0 Å². The van der Waals surface area contributed by atoms with Crippen LogP contribution in [0.5, 0.6) is 0 Å². The zero-order chi connectivity index (χ0) is 32.9. The molecule has 2 amide bonds. The van der Waals surface area contributed by atoms with Crippen molar-refractivity contribution < 1.29 is 43.1 Å². The smallest absolute Gasteiger partial charge is 0.333 e. The molecule has 0 saturated carbocycles. The van der Waals surface area contributed by atoms with Crippen molar-refractivity contribution in [3.63, 3.8) is 0 Å². The van der Waals surface area contributed by atoms with Crippen LogP contribution in [0.4, 0.5) is 5.69 Å². The van der Waals surface area contributed by atoms with Gasteiger partial charge in [0.05, 0.1) is 4.92 Å². The molecule has 0 bridgehead atoms. The molecule has 45 heavy (non-hydrogen) atoms. The molecule has 2 aromatic rings. The predicted molar refractivity (Wildman–Crippen MR) is 162 cm³/mol. The van der Waals surface area contributed by atoms with E-state index in [1.54, 1.807) is 30.3 Å². The van der Waals surface area contributed by atoms with Crippen molar-refractivity contribution in [2.45, 2.75) is 40.7 Å². The number of hydrogen-bond donors (Lipinski definition) is 1. The van der Waals surface area contributed by atoms with Gasteiger partial charge in [-0.1, -0.05) is 65.1 Å². The van der Waals surface area contributed by atoms with Gasteiger partial charge in [0.2, 0.25) is 15.6 Å². The van der Waals surface area contributed by atoms with Gasteiger partial charge in [-0.3, -0.25) is 29.3 Å². The van der Waals surface area contributed by atoms with Crippen LogP contribution < -0.4 is 5.32 Å². The molecule has 2 aromatic carbocycles. The summed E-state index contributed by atoms with van der Waals surface area (Å²) in [5, 5.41) is 14.2. The number of carbonyl (C=O) groups is 5. The maximum atomic E-state index is 13.5. The number of nitrogens with zero attached hydrogens (tertiary/aromatic N) is 2. The van der Waals surface area contributed by atoms with Crippen LogP contribution in [0.25, 0.3) is 0 Å². The highest BCUT2D eigenvalue weighted by molar-refractivity contribution is 8.03. The van der Waals surface area contributed by atoms with E-state index in [1.165, 1.54) is 36.6 Å². The largest absolute Gasteiger partial charge is 0.461 e. The Morgan fingerprint density at radius 3 is 2.29 bits per heavy atom. The number of carbonyl (C=O) groups excluding carboxylic acids is 5. The molecule has 4 rings (SSSR count). The lowest BCUT2D eigenvalue weighted by atomic mass is 9.95. The molecule has 0 aliphatic carbocycles. The molecular weight excluding hydrogens is 677 g/mol. The highest BCUT2D eigenvalue weighted by atomic mass is 35.6. The van der Waals surface area contributed by atoms with Gasteiger partial charge in [0, 0.05) is 24.6 Å². The van der Waals surface area contributed by atoms with Crippen LogP contribution in [-0.4, -0.2) is 74.0 Å². The van der Waals surface area contributed by atoms with Gasteiger partial charge in [0.25, 0.3) is 5.69 Å². The number of non-ortho nitro benzene ring substituents is 1. The number of alkyl halides is 3. The van der Waals surface area contributed by atoms with Crippen LogP contribution in [0, 0.1) is 10.1 Å². The lowest BCUT2D eigenvalue weighted by Crippen LogP contribution is -2.74. The summed E-state index contributed by atoms with van der Waals surface area (Å²) in [4.78, 5) is 76.0. The standard InChI is InChI=1S/C28H24Cl3N3O10S/c1-15(35)42-12-18-13-45-25-21(24(37)33(25)22(18)27(39)44-14-28(29,30)31)32-23(36)20(17-5-3-2-4-6-17)26(38)43-11-16-7-9-19(10-8-16)34(40)41/h2-10,13,20-22,25H,11-12,14H2,1H3,(H,32,36)/t20?,21?,22?,25-/m0/s1. The average molecular weight is 701 g/mol. The number of fused-ring (bicyclic) bond motifs is 1. The van der Waals surface area contributed by atoms with Gasteiger partial charge < -0.3 is 24.4 Å². The average Bonchev–Trinajstić information content (AvgIpc) is 3.00. The van der Waals surface area contributed by atoms with Crippen LogP contribution in [-0.2, 0) is 44.8 Å². The van der Waals surface area contributed by atoms with Crippen molar-refractivity contribution in [3.05, 3.63) is 86.8 Å². The van der Waals surface area contributed by atoms with Crippen LogP contribution in [0.1, 0.15) is 24.0 Å². The Labute approximate surface area is 275 Å². The van der Waals surface area contributed by atoms with Crippen molar-refractivity contribution in [2.75, 3.05) is 13.2 Å². The first kappa shape index (κ1) is 34.0. The van der Waals surface area contributed by atoms with E-state index in [1.807, 2.05) is 0 Å². The molecule has 17 heteroatoms. The summed E-state index contributed by atoms with van der Waals surface area (Å²) in [7, 11) is 0. The Hall–Kier alpha value is -3.85. The highest BCUT2D eigenvalue weighted by Gasteiger charge is 2.57. The quantitative estimate of drug-likeness (QED) is 0.0691. The number of β-lactam (4-membered cyclic amide) rings is 1. The Morgan fingerprint density at radius 1 is 1.02 bits per heavy atom. The monoisotopic (exact) mass is 699 g/mol. The fraction of sp³-hybridized carbons (Fsp3) is 0.321. The number of nitrogens with one attached hydrogen (secondary N) is 1. The summed E-state index contributed by atoms with van der Waals surface area (Å²) in [6, 6.07) is 10.9. The number of nitro benzene ring substituents is 1. The molecule has 2 aliphatic rings. The minimum atomic E-state index is -1.92. The lowest BCUT2D eigenvalue weighted by molar-refractivity contribution is -0.384. The van der Waals surface area contributed by atoms with Gasteiger partial charge in [-0.05, 0) is 28.7 Å². The normalized spacial score (nSPS) is 19.6. The summed E-state index contributed by atoms with van der Waals surface area (Å²) in [6.45, 7) is -0.0272. The van der Waals surface area contributed by atoms with E-state index < -0.39 is 68.4 Å². The third-order valence-corrected chi connectivity index (χ3v) is 8.11. The van der Waals surface area contributed by atoms with Crippen LogP contribution in [0.2, 0.25) is 0 Å². The van der Waals surface area contributed by atoms with Gasteiger partial charge in [0.1, 0.15) is 31.2 Å². The predicted octanol–water partition coefficient (Wildman–Crippen LogP) is 3.55. The SMILES string of the molecule is CC(=O)OCC1=CS[C@H]2C(NC(=O)C(C(=O)OCc3ccc([N+](=O)[O-])cc3)c3ccccc3)C(=O)N2C1C(=O)OCC(Cl)(Cl)Cl. The molecule has 3 unspecified atom stereocenters. The molecule has 1 fully saturated rings. The highest BCUT2D eigenvalue weighted by Crippen LogP contribution is 2.41. The first-order valence-electron chi connectivity index (χ1n) is 13.1. The first-order valence-corrected chi connectivity index (χ1v) is 15.1. The Kier molecular flexibility index (Phi) is 11.0. The number of nitro groups is 1. The van der Waals surface area contributed by atoms with Gasteiger partial charge in [0.15, 0.2) is 12.0 Å². The van der Waals surface area contributed by atoms with E-state index in [0.717, 1.165) is 16.7 Å². The Balaban J connectivity index is 1.50. The summed E-state index contributed by atoms with van der Waals surface area (Å²) in [5.41, 5.74) is 0.838. The van der Waals surface area contributed by atoms with E-state index in [4.69, 9.17) is 49.0 Å². The molecule has 13 nitrogen and oxygen atoms in total. The minimum absolute atomic E-state index is 0.138. The fourth-order valence-electron chi connectivity index (χ4n) is 4.46. The molecule has 2 heterocycles. The van der Waals surface area contributed by atoms with Crippen molar-refractivity contribution in [1.82, 2.24) is 10.2 Å². The second-order valence-corrected chi connectivity index (χ2v) is 13.2. The van der Waals surface area contributed by atoms with Crippen LogP contribution >= 0.6 is 46.6 Å². The van der Waals surface area contributed by atoms with Gasteiger partial charge in [-0.15, -0.1) is 11.8 Å². The second kappa shape index (κ2) is 14.5. The molecule has 1 N–H and O–H groups in total. The van der Waals surface area contributed by atoms with Crippen molar-refractivity contribution in [1.29, 1.82) is 0 Å².